The Kier molecular flexibility index (Phi) is 3.42. The molecule has 0 amide bonds. The van der Waals surface area contributed by atoms with Gasteiger partial charge in [0.15, 0.2) is 0 Å². The minimum Gasteiger partial charge on any atom is -0.381 e. The second-order valence-electron chi connectivity index (χ2n) is 5.26. The van der Waals surface area contributed by atoms with E-state index in [0.717, 1.165) is 6.54 Å². The maximum atomic E-state index is 3.59. The van der Waals surface area contributed by atoms with Gasteiger partial charge in [-0.1, -0.05) is 60.7 Å². The van der Waals surface area contributed by atoms with Gasteiger partial charge in [0.25, 0.3) is 0 Å². The monoisotopic (exact) mass is 261 g/mol. The van der Waals surface area contributed by atoms with Gasteiger partial charge in [-0.05, 0) is 41.3 Å². The quantitative estimate of drug-likeness (QED) is 0.694. The summed E-state index contributed by atoms with van der Waals surface area (Å²) in [4.78, 5) is 0. The molecule has 3 aromatic rings. The van der Waals surface area contributed by atoms with E-state index in [1.54, 1.807) is 0 Å². The summed E-state index contributed by atoms with van der Waals surface area (Å²) < 4.78 is 0. The summed E-state index contributed by atoms with van der Waals surface area (Å²) in [5, 5.41) is 6.22. The Hall–Kier alpha value is -2.28. The van der Waals surface area contributed by atoms with E-state index in [4.69, 9.17) is 0 Å². The average molecular weight is 261 g/mol. The zero-order valence-electron chi connectivity index (χ0n) is 12.0. The van der Waals surface area contributed by atoms with Gasteiger partial charge in [-0.2, -0.15) is 0 Å². The molecule has 100 valence electrons. The highest BCUT2D eigenvalue weighted by Crippen LogP contribution is 2.23. The molecule has 3 aromatic carbocycles. The molecule has 0 atom stereocenters. The Bertz CT molecular complexity index is 718. The van der Waals surface area contributed by atoms with Gasteiger partial charge in [-0.15, -0.1) is 0 Å². The third kappa shape index (κ3) is 2.39. The Morgan fingerprint density at radius 1 is 0.750 bits per heavy atom. The Morgan fingerprint density at radius 3 is 2.20 bits per heavy atom. The van der Waals surface area contributed by atoms with Crippen molar-refractivity contribution in [1.29, 1.82) is 0 Å². The highest BCUT2D eigenvalue weighted by molar-refractivity contribution is 5.85. The molecule has 3 rings (SSSR count). The zero-order chi connectivity index (χ0) is 13.9. The average Bonchev–Trinajstić information content (AvgIpc) is 2.47. The van der Waals surface area contributed by atoms with Crippen molar-refractivity contribution in [3.8, 4) is 0 Å². The van der Waals surface area contributed by atoms with E-state index in [0.29, 0.717) is 0 Å². The van der Waals surface area contributed by atoms with Crippen molar-refractivity contribution in [1.82, 2.24) is 0 Å². The maximum Gasteiger partial charge on any atom is 0.0407 e. The van der Waals surface area contributed by atoms with Crippen LogP contribution in [0.1, 0.15) is 16.7 Å². The van der Waals surface area contributed by atoms with Crippen molar-refractivity contribution in [2.75, 3.05) is 5.32 Å². The molecule has 0 aromatic heterocycles. The molecule has 1 nitrogen and oxygen atoms in total. The Morgan fingerprint density at radius 2 is 1.40 bits per heavy atom. The lowest BCUT2D eigenvalue weighted by atomic mass is 10.0. The van der Waals surface area contributed by atoms with E-state index >= 15 is 0 Å². The molecule has 0 aliphatic heterocycles. The van der Waals surface area contributed by atoms with Crippen LogP contribution in [0.3, 0.4) is 0 Å². The number of nitrogens with one attached hydrogen (secondary N) is 1. The van der Waals surface area contributed by atoms with E-state index in [1.807, 2.05) is 0 Å². The molecule has 0 radical (unpaired) electrons. The van der Waals surface area contributed by atoms with Crippen LogP contribution in [0.2, 0.25) is 0 Å². The molecule has 0 fully saturated rings. The highest BCUT2D eigenvalue weighted by Gasteiger charge is 2.03. The first-order chi connectivity index (χ1) is 9.75. The van der Waals surface area contributed by atoms with Crippen LogP contribution >= 0.6 is 0 Å². The fourth-order valence-electron chi connectivity index (χ4n) is 2.72. The van der Waals surface area contributed by atoms with Gasteiger partial charge in [0.1, 0.15) is 0 Å². The van der Waals surface area contributed by atoms with Crippen molar-refractivity contribution in [3.63, 3.8) is 0 Å². The zero-order valence-corrected chi connectivity index (χ0v) is 12.0. The number of benzene rings is 3. The molecule has 1 N–H and O–H groups in total. The van der Waals surface area contributed by atoms with Crippen LogP contribution in [0, 0.1) is 13.8 Å². The first kappa shape index (κ1) is 12.7. The van der Waals surface area contributed by atoms with Gasteiger partial charge < -0.3 is 5.32 Å². The number of hydrogen-bond acceptors (Lipinski definition) is 1. The first-order valence-electron chi connectivity index (χ1n) is 7.02. The van der Waals surface area contributed by atoms with E-state index in [1.165, 1.54) is 33.2 Å². The SMILES string of the molecule is Cc1cccc(C)c1NCc1cccc2ccccc12. The second-order valence-corrected chi connectivity index (χ2v) is 5.26. The number of aryl methyl sites for hydroxylation is 2. The number of hydrogen-bond donors (Lipinski definition) is 1. The van der Waals surface area contributed by atoms with Crippen LogP contribution in [0.15, 0.2) is 60.7 Å². The number of fused-ring (bicyclic) bond motifs is 1. The molecule has 0 bridgehead atoms. The summed E-state index contributed by atoms with van der Waals surface area (Å²) in [5.74, 6) is 0. The van der Waals surface area contributed by atoms with Crippen LogP contribution in [0.4, 0.5) is 5.69 Å². The predicted molar refractivity (Wildman–Crippen MR) is 87.2 cm³/mol. The summed E-state index contributed by atoms with van der Waals surface area (Å²) in [6.07, 6.45) is 0. The van der Waals surface area contributed by atoms with Crippen molar-refractivity contribution in [2.24, 2.45) is 0 Å². The van der Waals surface area contributed by atoms with E-state index in [2.05, 4.69) is 79.8 Å². The lowest BCUT2D eigenvalue weighted by molar-refractivity contribution is 1.14. The van der Waals surface area contributed by atoms with E-state index in [9.17, 15) is 0 Å². The second kappa shape index (κ2) is 5.38. The summed E-state index contributed by atoms with van der Waals surface area (Å²) in [7, 11) is 0. The molecular weight excluding hydrogens is 242 g/mol. The highest BCUT2D eigenvalue weighted by atomic mass is 14.9. The minimum absolute atomic E-state index is 0.854. The molecular formula is C19H19N. The molecule has 0 unspecified atom stereocenters. The van der Waals surface area contributed by atoms with Crippen LogP contribution < -0.4 is 5.32 Å². The molecule has 0 aliphatic carbocycles. The molecule has 0 heterocycles. The first-order valence-corrected chi connectivity index (χ1v) is 7.02. The number of anilines is 1. The molecule has 20 heavy (non-hydrogen) atoms. The van der Waals surface area contributed by atoms with Crippen molar-refractivity contribution < 1.29 is 0 Å². The standard InChI is InChI=1S/C19H19N/c1-14-7-5-8-15(2)19(14)20-13-17-11-6-10-16-9-3-4-12-18(16)17/h3-12,20H,13H2,1-2H3. The van der Waals surface area contributed by atoms with Crippen molar-refractivity contribution >= 4 is 16.5 Å². The third-order valence-corrected chi connectivity index (χ3v) is 3.82. The Labute approximate surface area is 120 Å². The van der Waals surface area contributed by atoms with E-state index < -0.39 is 0 Å². The summed E-state index contributed by atoms with van der Waals surface area (Å²) in [6.45, 7) is 5.16. The van der Waals surface area contributed by atoms with Crippen molar-refractivity contribution in [3.05, 3.63) is 77.4 Å². The van der Waals surface area contributed by atoms with Crippen LogP contribution in [-0.4, -0.2) is 0 Å². The van der Waals surface area contributed by atoms with Gasteiger partial charge in [0.2, 0.25) is 0 Å². The normalized spacial score (nSPS) is 10.7. The number of rotatable bonds is 3. The molecule has 0 aliphatic rings. The molecule has 0 saturated carbocycles. The predicted octanol–water partition coefficient (Wildman–Crippen LogP) is 5.07. The van der Waals surface area contributed by atoms with Crippen LogP contribution in [-0.2, 0) is 6.54 Å². The molecule has 0 saturated heterocycles. The lowest BCUT2D eigenvalue weighted by Gasteiger charge is -2.14. The molecule has 0 spiro atoms. The fraction of sp³-hybridized carbons (Fsp3) is 0.158. The summed E-state index contributed by atoms with van der Waals surface area (Å²) in [6, 6.07) is 21.4. The minimum atomic E-state index is 0.854. The maximum absolute atomic E-state index is 3.59. The van der Waals surface area contributed by atoms with Crippen LogP contribution in [0.25, 0.3) is 10.8 Å². The van der Waals surface area contributed by atoms with Gasteiger partial charge in [-0.3, -0.25) is 0 Å². The lowest BCUT2D eigenvalue weighted by Crippen LogP contribution is -2.03. The topological polar surface area (TPSA) is 12.0 Å². The van der Waals surface area contributed by atoms with Crippen molar-refractivity contribution in [2.45, 2.75) is 20.4 Å². The molecule has 1 heteroatoms. The van der Waals surface area contributed by atoms with Gasteiger partial charge in [0, 0.05) is 12.2 Å². The fourth-order valence-corrected chi connectivity index (χ4v) is 2.72. The third-order valence-electron chi connectivity index (χ3n) is 3.82. The Balaban J connectivity index is 1.91. The smallest absolute Gasteiger partial charge is 0.0407 e. The van der Waals surface area contributed by atoms with Gasteiger partial charge in [-0.25, -0.2) is 0 Å². The van der Waals surface area contributed by atoms with E-state index in [-0.39, 0.29) is 0 Å². The number of para-hydroxylation sites is 1. The van der Waals surface area contributed by atoms with Gasteiger partial charge in [0.05, 0.1) is 0 Å². The largest absolute Gasteiger partial charge is 0.381 e. The summed E-state index contributed by atoms with van der Waals surface area (Å²) in [5.41, 5.74) is 5.18. The summed E-state index contributed by atoms with van der Waals surface area (Å²) >= 11 is 0. The van der Waals surface area contributed by atoms with Gasteiger partial charge >= 0.3 is 0 Å². The van der Waals surface area contributed by atoms with Crippen LogP contribution in [0.5, 0.6) is 0 Å².